The Labute approximate surface area is 133 Å². The van der Waals surface area contributed by atoms with E-state index in [2.05, 4.69) is 9.59 Å². The van der Waals surface area contributed by atoms with Crippen molar-refractivity contribution in [3.8, 4) is 11.3 Å². The highest BCUT2D eigenvalue weighted by Gasteiger charge is 2.20. The summed E-state index contributed by atoms with van der Waals surface area (Å²) in [6, 6.07) is 7.06. The molecule has 1 aromatic heterocycles. The summed E-state index contributed by atoms with van der Waals surface area (Å²) in [5.74, 6) is -0.786. The fourth-order valence-corrected chi connectivity index (χ4v) is 2.44. The molecule has 0 atom stereocenters. The minimum atomic E-state index is -0.595. The third-order valence-electron chi connectivity index (χ3n) is 2.83. The van der Waals surface area contributed by atoms with Crippen molar-refractivity contribution in [1.29, 1.82) is 0 Å². The number of aromatic nitrogens is 2. The first-order valence-electron chi connectivity index (χ1n) is 6.91. The molecule has 2 rings (SSSR count). The highest BCUT2D eigenvalue weighted by Crippen LogP contribution is 2.24. The Bertz CT molecular complexity index is 701. The Kier molecular flexibility index (Phi) is 4.71. The van der Waals surface area contributed by atoms with Crippen LogP contribution in [0.15, 0.2) is 24.3 Å². The molecule has 0 saturated heterocycles. The zero-order valence-corrected chi connectivity index (χ0v) is 13.9. The van der Waals surface area contributed by atoms with Gasteiger partial charge in [0.05, 0.1) is 4.88 Å². The number of Topliss-reactive ketones (excluding diaryl/α,β-unsaturated/α-hetero) is 1. The number of hydrogen-bond acceptors (Lipinski definition) is 6. The highest BCUT2D eigenvalue weighted by molar-refractivity contribution is 7.05. The summed E-state index contributed by atoms with van der Waals surface area (Å²) in [6.45, 7) is 7.24. The summed E-state index contributed by atoms with van der Waals surface area (Å²) >= 11 is 1.31. The van der Waals surface area contributed by atoms with Gasteiger partial charge in [0.25, 0.3) is 0 Å². The Hall–Kier alpha value is -2.08. The van der Waals surface area contributed by atoms with Crippen molar-refractivity contribution in [2.45, 2.75) is 39.7 Å². The van der Waals surface area contributed by atoms with Gasteiger partial charge in [-0.05, 0) is 45.3 Å². The van der Waals surface area contributed by atoms with Gasteiger partial charge in [0.2, 0.25) is 0 Å². The van der Waals surface area contributed by atoms with E-state index in [1.807, 2.05) is 13.0 Å². The molecule has 116 valence electrons. The molecule has 0 saturated carbocycles. The average Bonchev–Trinajstić information content (AvgIpc) is 2.83. The molecule has 0 bridgehead atoms. The molecule has 0 unspecified atom stereocenters. The van der Waals surface area contributed by atoms with Crippen LogP contribution in [0.3, 0.4) is 0 Å². The molecule has 0 amide bonds. The Morgan fingerprint density at radius 1 is 1.27 bits per heavy atom. The number of rotatable bonds is 4. The number of esters is 1. The van der Waals surface area contributed by atoms with Gasteiger partial charge in [-0.3, -0.25) is 9.59 Å². The number of carbonyl (C=O) groups excluding carboxylic acids is 2. The zero-order valence-electron chi connectivity index (χ0n) is 13.0. The fraction of sp³-hybridized carbons (Fsp3) is 0.375. The molecule has 0 spiro atoms. The van der Waals surface area contributed by atoms with E-state index < -0.39 is 11.6 Å². The fourth-order valence-electron chi connectivity index (χ4n) is 1.95. The number of carbonyl (C=O) groups is 2. The predicted octanol–water partition coefficient (Wildman–Crippen LogP) is 3.43. The molecule has 0 aliphatic rings. The van der Waals surface area contributed by atoms with Crippen LogP contribution in [0, 0.1) is 6.92 Å². The van der Waals surface area contributed by atoms with Crippen molar-refractivity contribution in [1.82, 2.24) is 9.59 Å². The number of hydrogen-bond donors (Lipinski definition) is 0. The number of ether oxygens (including phenoxy) is 1. The zero-order chi connectivity index (χ0) is 16.3. The number of ketones is 1. The van der Waals surface area contributed by atoms with Gasteiger partial charge < -0.3 is 4.74 Å². The second kappa shape index (κ2) is 6.36. The monoisotopic (exact) mass is 318 g/mol. The van der Waals surface area contributed by atoms with Gasteiger partial charge in [-0.1, -0.05) is 22.7 Å². The molecule has 0 aliphatic heterocycles. The second-order valence-electron chi connectivity index (χ2n) is 5.94. The average molecular weight is 318 g/mol. The SMILES string of the molecule is Cc1snnc1-c1cccc(C(=O)CC(=O)OC(C)(C)C)c1. The van der Waals surface area contributed by atoms with Crippen molar-refractivity contribution in [3.05, 3.63) is 34.7 Å². The van der Waals surface area contributed by atoms with Crippen LogP contribution in [-0.4, -0.2) is 26.9 Å². The van der Waals surface area contributed by atoms with E-state index in [-0.39, 0.29) is 12.2 Å². The van der Waals surface area contributed by atoms with Crippen LogP contribution >= 0.6 is 11.5 Å². The van der Waals surface area contributed by atoms with E-state index >= 15 is 0 Å². The van der Waals surface area contributed by atoms with Crippen molar-refractivity contribution >= 4 is 23.3 Å². The lowest BCUT2D eigenvalue weighted by molar-refractivity contribution is -0.153. The van der Waals surface area contributed by atoms with Gasteiger partial charge in [-0.15, -0.1) is 5.10 Å². The molecule has 1 heterocycles. The van der Waals surface area contributed by atoms with Crippen LogP contribution in [0.4, 0.5) is 0 Å². The van der Waals surface area contributed by atoms with Gasteiger partial charge in [0.1, 0.15) is 17.7 Å². The number of benzene rings is 1. The van der Waals surface area contributed by atoms with E-state index in [0.717, 1.165) is 16.1 Å². The van der Waals surface area contributed by atoms with Crippen LogP contribution in [0.25, 0.3) is 11.3 Å². The van der Waals surface area contributed by atoms with Crippen LogP contribution in [0.1, 0.15) is 42.4 Å². The summed E-state index contributed by atoms with van der Waals surface area (Å²) in [4.78, 5) is 24.9. The summed E-state index contributed by atoms with van der Waals surface area (Å²) in [6.07, 6.45) is -0.269. The van der Waals surface area contributed by atoms with Gasteiger partial charge in [-0.25, -0.2) is 0 Å². The lowest BCUT2D eigenvalue weighted by atomic mass is 10.0. The van der Waals surface area contributed by atoms with Crippen molar-refractivity contribution < 1.29 is 14.3 Å². The quantitative estimate of drug-likeness (QED) is 0.491. The molecular formula is C16H18N2O3S. The van der Waals surface area contributed by atoms with E-state index in [9.17, 15) is 9.59 Å². The predicted molar refractivity (Wildman–Crippen MR) is 84.9 cm³/mol. The van der Waals surface area contributed by atoms with Crippen LogP contribution < -0.4 is 0 Å². The normalized spacial score (nSPS) is 11.3. The van der Waals surface area contributed by atoms with E-state index in [4.69, 9.17) is 4.74 Å². The molecule has 2 aromatic rings. The maximum Gasteiger partial charge on any atom is 0.314 e. The van der Waals surface area contributed by atoms with Crippen LogP contribution in [-0.2, 0) is 9.53 Å². The first-order valence-corrected chi connectivity index (χ1v) is 7.68. The van der Waals surface area contributed by atoms with Crippen molar-refractivity contribution in [3.63, 3.8) is 0 Å². The maximum absolute atomic E-state index is 12.2. The van der Waals surface area contributed by atoms with E-state index in [1.165, 1.54) is 11.5 Å². The summed E-state index contributed by atoms with van der Waals surface area (Å²) in [5, 5.41) is 4.06. The lowest BCUT2D eigenvalue weighted by Gasteiger charge is -2.19. The third kappa shape index (κ3) is 4.21. The molecule has 0 aliphatic carbocycles. The Morgan fingerprint density at radius 2 is 2.00 bits per heavy atom. The molecule has 1 aromatic carbocycles. The molecule has 22 heavy (non-hydrogen) atoms. The standard InChI is InChI=1S/C16H18N2O3S/c1-10-15(17-18-22-10)12-7-5-6-11(8-12)13(19)9-14(20)21-16(2,3)4/h5-8H,9H2,1-4H3. The van der Waals surface area contributed by atoms with Gasteiger partial charge >= 0.3 is 5.97 Å². The minimum absolute atomic E-state index is 0.267. The molecule has 0 radical (unpaired) electrons. The molecule has 5 nitrogen and oxygen atoms in total. The topological polar surface area (TPSA) is 69.2 Å². The largest absolute Gasteiger partial charge is 0.460 e. The van der Waals surface area contributed by atoms with Crippen LogP contribution in [0.5, 0.6) is 0 Å². The smallest absolute Gasteiger partial charge is 0.314 e. The molecule has 0 fully saturated rings. The van der Waals surface area contributed by atoms with Gasteiger partial charge in [0, 0.05) is 11.1 Å². The molecule has 6 heteroatoms. The minimum Gasteiger partial charge on any atom is -0.460 e. The van der Waals surface area contributed by atoms with Crippen molar-refractivity contribution in [2.24, 2.45) is 0 Å². The van der Waals surface area contributed by atoms with Crippen molar-refractivity contribution in [2.75, 3.05) is 0 Å². The Balaban J connectivity index is 2.15. The first-order chi connectivity index (χ1) is 10.3. The number of aryl methyl sites for hydroxylation is 1. The van der Waals surface area contributed by atoms with Gasteiger partial charge in [0.15, 0.2) is 5.78 Å². The molecule has 0 N–H and O–H groups in total. The van der Waals surface area contributed by atoms with Crippen LogP contribution in [0.2, 0.25) is 0 Å². The Morgan fingerprint density at radius 3 is 2.59 bits per heavy atom. The van der Waals surface area contributed by atoms with Gasteiger partial charge in [-0.2, -0.15) is 0 Å². The third-order valence-corrected chi connectivity index (χ3v) is 3.47. The first kappa shape index (κ1) is 16.3. The lowest BCUT2D eigenvalue weighted by Crippen LogP contribution is -2.25. The summed E-state index contributed by atoms with van der Waals surface area (Å²) in [7, 11) is 0. The summed E-state index contributed by atoms with van der Waals surface area (Å²) in [5.41, 5.74) is 1.46. The second-order valence-corrected chi connectivity index (χ2v) is 6.90. The van der Waals surface area contributed by atoms with E-state index in [1.54, 1.807) is 39.0 Å². The maximum atomic E-state index is 12.2. The molecular weight excluding hydrogens is 300 g/mol. The van der Waals surface area contributed by atoms with E-state index in [0.29, 0.717) is 5.56 Å². The summed E-state index contributed by atoms with van der Waals surface area (Å²) < 4.78 is 9.06. The number of nitrogens with zero attached hydrogens (tertiary/aromatic N) is 2. The highest BCUT2D eigenvalue weighted by atomic mass is 32.1.